The Balaban J connectivity index is 1.85. The Morgan fingerprint density at radius 3 is 2.31 bits per heavy atom. The maximum absolute atomic E-state index is 13.4. The van der Waals surface area contributed by atoms with Gasteiger partial charge in [-0.3, -0.25) is 4.79 Å². The first-order valence-corrected chi connectivity index (χ1v) is 11.0. The Bertz CT molecular complexity index is 1090. The summed E-state index contributed by atoms with van der Waals surface area (Å²) in [5.41, 5.74) is 1.03. The van der Waals surface area contributed by atoms with E-state index in [9.17, 15) is 17.6 Å². The molecule has 0 aliphatic heterocycles. The van der Waals surface area contributed by atoms with Crippen molar-refractivity contribution in [2.45, 2.75) is 17.4 Å². The molecule has 8 heteroatoms. The smallest absolute Gasteiger partial charge is 0.242 e. The second kappa shape index (κ2) is 9.30. The number of rotatable bonds is 7. The van der Waals surface area contributed by atoms with Gasteiger partial charge in [-0.1, -0.05) is 52.3 Å². The van der Waals surface area contributed by atoms with Crippen LogP contribution >= 0.6 is 15.9 Å². The highest BCUT2D eigenvalue weighted by molar-refractivity contribution is 9.10. The van der Waals surface area contributed by atoms with Gasteiger partial charge in [0, 0.05) is 10.2 Å². The summed E-state index contributed by atoms with van der Waals surface area (Å²) in [6.45, 7) is 0. The molecule has 0 aromatic heterocycles. The van der Waals surface area contributed by atoms with E-state index in [0.29, 0.717) is 0 Å². The Labute approximate surface area is 177 Å². The average Bonchev–Trinajstić information content (AvgIpc) is 2.68. The number of nitrogens with one attached hydrogen (secondary N) is 2. The first-order valence-electron chi connectivity index (χ1n) is 8.72. The average molecular weight is 477 g/mol. The van der Waals surface area contributed by atoms with Crippen LogP contribution in [0.25, 0.3) is 0 Å². The fraction of sp³-hybridized carbons (Fsp3) is 0.0952. The lowest BCUT2D eigenvalue weighted by molar-refractivity contribution is -0.117. The second-order valence-corrected chi connectivity index (χ2v) is 8.95. The molecular formula is C21H18BrFN2O3S. The van der Waals surface area contributed by atoms with Crippen LogP contribution in [0.1, 0.15) is 5.56 Å². The molecule has 0 saturated carbocycles. The Morgan fingerprint density at radius 2 is 1.66 bits per heavy atom. The van der Waals surface area contributed by atoms with Gasteiger partial charge in [-0.05, 0) is 54.4 Å². The van der Waals surface area contributed by atoms with E-state index in [1.54, 1.807) is 36.4 Å². The lowest BCUT2D eigenvalue weighted by Gasteiger charge is -2.19. The summed E-state index contributed by atoms with van der Waals surface area (Å²) in [7, 11) is -3.95. The zero-order chi connectivity index (χ0) is 20.9. The topological polar surface area (TPSA) is 75.3 Å². The molecule has 150 valence electrons. The molecular weight excluding hydrogens is 459 g/mol. The summed E-state index contributed by atoms with van der Waals surface area (Å²) in [5.74, 6) is -1.09. The Morgan fingerprint density at radius 1 is 0.966 bits per heavy atom. The molecule has 2 N–H and O–H groups in total. The first-order chi connectivity index (χ1) is 13.8. The van der Waals surface area contributed by atoms with Crippen molar-refractivity contribution in [1.82, 2.24) is 4.72 Å². The van der Waals surface area contributed by atoms with Crippen LogP contribution in [0, 0.1) is 5.82 Å². The molecule has 3 aromatic rings. The lowest BCUT2D eigenvalue weighted by Crippen LogP contribution is -2.45. The van der Waals surface area contributed by atoms with Crippen molar-refractivity contribution in [3.63, 3.8) is 0 Å². The molecule has 0 aliphatic carbocycles. The summed E-state index contributed by atoms with van der Waals surface area (Å²) in [6, 6.07) is 19.5. The summed E-state index contributed by atoms with van der Waals surface area (Å²) >= 11 is 3.26. The maximum Gasteiger partial charge on any atom is 0.242 e. The zero-order valence-corrected chi connectivity index (χ0v) is 17.6. The van der Waals surface area contributed by atoms with E-state index in [1.165, 1.54) is 36.4 Å². The molecule has 29 heavy (non-hydrogen) atoms. The van der Waals surface area contributed by atoms with E-state index in [0.717, 1.165) is 10.0 Å². The van der Waals surface area contributed by atoms with Crippen LogP contribution in [-0.2, 0) is 21.2 Å². The first kappa shape index (κ1) is 21.2. The van der Waals surface area contributed by atoms with Crippen molar-refractivity contribution in [1.29, 1.82) is 0 Å². The summed E-state index contributed by atoms with van der Waals surface area (Å²) in [4.78, 5) is 12.9. The fourth-order valence-electron chi connectivity index (χ4n) is 2.70. The number of amides is 1. The SMILES string of the molecule is O=C(Nc1cccc(F)c1)[C@H](Cc1ccccc1)NS(=O)(=O)c1ccc(Br)cc1. The number of hydrogen-bond acceptors (Lipinski definition) is 3. The van der Waals surface area contributed by atoms with Crippen LogP contribution in [0.5, 0.6) is 0 Å². The largest absolute Gasteiger partial charge is 0.325 e. The van der Waals surface area contributed by atoms with Gasteiger partial charge >= 0.3 is 0 Å². The fourth-order valence-corrected chi connectivity index (χ4v) is 4.16. The summed E-state index contributed by atoms with van der Waals surface area (Å²) < 4.78 is 42.2. The van der Waals surface area contributed by atoms with Gasteiger partial charge in [0.2, 0.25) is 15.9 Å². The van der Waals surface area contributed by atoms with Crippen LogP contribution in [0.4, 0.5) is 10.1 Å². The van der Waals surface area contributed by atoms with E-state index in [4.69, 9.17) is 0 Å². The van der Waals surface area contributed by atoms with Crippen LogP contribution < -0.4 is 10.0 Å². The molecule has 0 aliphatic rings. The van der Waals surface area contributed by atoms with E-state index in [2.05, 4.69) is 26.0 Å². The predicted octanol–water partition coefficient (Wildman–Crippen LogP) is 4.12. The molecule has 0 spiro atoms. The van der Waals surface area contributed by atoms with Crippen LogP contribution in [0.2, 0.25) is 0 Å². The van der Waals surface area contributed by atoms with Gasteiger partial charge in [-0.2, -0.15) is 4.72 Å². The lowest BCUT2D eigenvalue weighted by atomic mass is 10.1. The number of hydrogen-bond donors (Lipinski definition) is 2. The van der Waals surface area contributed by atoms with Crippen molar-refractivity contribution in [2.24, 2.45) is 0 Å². The molecule has 3 aromatic carbocycles. The van der Waals surface area contributed by atoms with Crippen molar-refractivity contribution in [2.75, 3.05) is 5.32 Å². The van der Waals surface area contributed by atoms with Crippen molar-refractivity contribution < 1.29 is 17.6 Å². The number of carbonyl (C=O) groups excluding carboxylic acids is 1. The van der Waals surface area contributed by atoms with Gasteiger partial charge in [0.1, 0.15) is 11.9 Å². The molecule has 0 fully saturated rings. The molecule has 0 bridgehead atoms. The van der Waals surface area contributed by atoms with E-state index in [1.807, 2.05) is 6.07 Å². The predicted molar refractivity (Wildman–Crippen MR) is 113 cm³/mol. The van der Waals surface area contributed by atoms with Gasteiger partial charge in [-0.15, -0.1) is 0 Å². The zero-order valence-electron chi connectivity index (χ0n) is 15.2. The standard InChI is InChI=1S/C21H18BrFN2O3S/c22-16-9-11-19(12-10-16)29(27,28)25-20(13-15-5-2-1-3-6-15)21(26)24-18-8-4-7-17(23)14-18/h1-12,14,20,25H,13H2,(H,24,26)/t20-/m0/s1. The molecule has 1 amide bonds. The minimum absolute atomic E-state index is 0.0392. The molecule has 0 saturated heterocycles. The maximum atomic E-state index is 13.4. The molecule has 3 rings (SSSR count). The van der Waals surface area contributed by atoms with Gasteiger partial charge < -0.3 is 5.32 Å². The number of benzene rings is 3. The molecule has 0 heterocycles. The van der Waals surface area contributed by atoms with Crippen LogP contribution in [0.3, 0.4) is 0 Å². The number of anilines is 1. The van der Waals surface area contributed by atoms with Crippen LogP contribution in [0.15, 0.2) is 88.2 Å². The number of halogens is 2. The van der Waals surface area contributed by atoms with Gasteiger partial charge in [0.25, 0.3) is 0 Å². The highest BCUT2D eigenvalue weighted by atomic mass is 79.9. The van der Waals surface area contributed by atoms with Gasteiger partial charge in [0.15, 0.2) is 0 Å². The Hall–Kier alpha value is -2.55. The van der Waals surface area contributed by atoms with E-state index >= 15 is 0 Å². The van der Waals surface area contributed by atoms with E-state index in [-0.39, 0.29) is 17.0 Å². The number of carbonyl (C=O) groups is 1. The van der Waals surface area contributed by atoms with Gasteiger partial charge in [-0.25, -0.2) is 12.8 Å². The van der Waals surface area contributed by atoms with Crippen molar-refractivity contribution >= 4 is 37.5 Å². The quantitative estimate of drug-likeness (QED) is 0.538. The third-order valence-electron chi connectivity index (χ3n) is 4.11. The molecule has 0 unspecified atom stereocenters. The normalized spacial score (nSPS) is 12.3. The van der Waals surface area contributed by atoms with Crippen LogP contribution in [-0.4, -0.2) is 20.4 Å². The highest BCUT2D eigenvalue weighted by Gasteiger charge is 2.26. The third-order valence-corrected chi connectivity index (χ3v) is 6.13. The molecule has 1 atom stereocenters. The highest BCUT2D eigenvalue weighted by Crippen LogP contribution is 2.17. The molecule has 0 radical (unpaired) electrons. The monoisotopic (exact) mass is 476 g/mol. The minimum Gasteiger partial charge on any atom is -0.325 e. The van der Waals surface area contributed by atoms with Gasteiger partial charge in [0.05, 0.1) is 4.90 Å². The minimum atomic E-state index is -3.95. The second-order valence-electron chi connectivity index (χ2n) is 6.32. The van der Waals surface area contributed by atoms with E-state index < -0.39 is 27.8 Å². The van der Waals surface area contributed by atoms with Crippen molar-refractivity contribution in [3.8, 4) is 0 Å². The van der Waals surface area contributed by atoms with Crippen molar-refractivity contribution in [3.05, 3.63) is 94.7 Å². The molecule has 5 nitrogen and oxygen atoms in total. The summed E-state index contributed by atoms with van der Waals surface area (Å²) in [5, 5.41) is 2.57. The summed E-state index contributed by atoms with van der Waals surface area (Å²) in [6.07, 6.45) is 0.137. The number of sulfonamides is 1. The third kappa shape index (κ3) is 5.96. The Kier molecular flexibility index (Phi) is 6.79.